The summed E-state index contributed by atoms with van der Waals surface area (Å²) in [6.45, 7) is 6.02. The molecule has 0 bridgehead atoms. The average Bonchev–Trinajstić information content (AvgIpc) is 3.12. The largest absolute Gasteiger partial charge is 0.481 e. The molecule has 154 valence electrons. The van der Waals surface area contributed by atoms with Crippen LogP contribution in [-0.4, -0.2) is 30.0 Å². The van der Waals surface area contributed by atoms with Gasteiger partial charge in [-0.1, -0.05) is 45.0 Å². The predicted octanol–water partition coefficient (Wildman–Crippen LogP) is 3.81. The molecule has 4 rings (SSSR count). The summed E-state index contributed by atoms with van der Waals surface area (Å²) in [5.74, 6) is -1.25. The minimum atomic E-state index is -0.889. The quantitative estimate of drug-likeness (QED) is 0.477. The third-order valence-corrected chi connectivity index (χ3v) is 5.56. The highest BCUT2D eigenvalue weighted by Gasteiger charge is 2.41. The second-order valence-corrected chi connectivity index (χ2v) is 8.68. The standard InChI is InChI=1S/C24H23NO5/c1-24(2,3)16-12-13(9-10-18(26)27)11-15-20(23(29)30-21(15)16)19-14-7-5-6-8-17(14)25(4)22(19)28/h5-8,11-12H,9-10H2,1-4H3,(H,26,27). The third kappa shape index (κ3) is 3.09. The van der Waals surface area contributed by atoms with Crippen LogP contribution in [0.1, 0.15) is 49.4 Å². The molecule has 0 aliphatic carbocycles. The molecule has 0 spiro atoms. The number of carboxylic acids is 1. The predicted molar refractivity (Wildman–Crippen MR) is 113 cm³/mol. The van der Waals surface area contributed by atoms with Crippen molar-refractivity contribution in [3.63, 3.8) is 0 Å². The molecular weight excluding hydrogens is 382 g/mol. The second-order valence-electron chi connectivity index (χ2n) is 8.68. The van der Waals surface area contributed by atoms with Crippen molar-refractivity contribution in [1.29, 1.82) is 0 Å². The molecule has 0 atom stereocenters. The van der Waals surface area contributed by atoms with Crippen molar-refractivity contribution in [3.8, 4) is 5.75 Å². The Morgan fingerprint density at radius 2 is 1.77 bits per heavy atom. The van der Waals surface area contributed by atoms with E-state index in [1.807, 2.05) is 51.1 Å². The molecule has 0 saturated heterocycles. The summed E-state index contributed by atoms with van der Waals surface area (Å²) in [7, 11) is 1.68. The topological polar surface area (TPSA) is 83.9 Å². The molecule has 0 aromatic heterocycles. The van der Waals surface area contributed by atoms with Gasteiger partial charge in [0.25, 0.3) is 5.91 Å². The SMILES string of the molecule is CN1C(=O)C(=C2C(=O)Oc3c2cc(CCC(=O)O)cc3C(C)(C)C)c2ccccc21. The number of esters is 1. The van der Waals surface area contributed by atoms with Gasteiger partial charge in [0.15, 0.2) is 0 Å². The van der Waals surface area contributed by atoms with Crippen LogP contribution >= 0.6 is 0 Å². The van der Waals surface area contributed by atoms with Crippen molar-refractivity contribution in [3.05, 3.63) is 58.7 Å². The van der Waals surface area contributed by atoms with E-state index in [-0.39, 0.29) is 23.3 Å². The van der Waals surface area contributed by atoms with Gasteiger partial charge in [0.2, 0.25) is 0 Å². The number of ether oxygens (including phenoxy) is 1. The summed E-state index contributed by atoms with van der Waals surface area (Å²) in [6.07, 6.45) is 0.306. The zero-order chi connectivity index (χ0) is 21.8. The third-order valence-electron chi connectivity index (χ3n) is 5.56. The number of nitrogens with zero attached hydrogens (tertiary/aromatic N) is 1. The lowest BCUT2D eigenvalue weighted by Gasteiger charge is -2.22. The van der Waals surface area contributed by atoms with Crippen molar-refractivity contribution < 1.29 is 24.2 Å². The number of amides is 1. The first kappa shape index (κ1) is 19.9. The Labute approximate surface area is 174 Å². The Kier molecular flexibility index (Phi) is 4.53. The summed E-state index contributed by atoms with van der Waals surface area (Å²) < 4.78 is 5.68. The van der Waals surface area contributed by atoms with Crippen molar-refractivity contribution in [2.24, 2.45) is 0 Å². The van der Waals surface area contributed by atoms with E-state index >= 15 is 0 Å². The number of anilines is 1. The molecule has 0 saturated carbocycles. The lowest BCUT2D eigenvalue weighted by molar-refractivity contribution is -0.137. The van der Waals surface area contributed by atoms with E-state index in [2.05, 4.69) is 0 Å². The number of hydrogen-bond acceptors (Lipinski definition) is 4. The Morgan fingerprint density at radius 1 is 1.07 bits per heavy atom. The van der Waals surface area contributed by atoms with E-state index in [0.29, 0.717) is 28.9 Å². The van der Waals surface area contributed by atoms with Crippen molar-refractivity contribution in [2.75, 3.05) is 11.9 Å². The molecule has 0 unspecified atom stereocenters. The van der Waals surface area contributed by atoms with Gasteiger partial charge in [-0.25, -0.2) is 4.79 Å². The number of likely N-dealkylation sites (N-methyl/N-ethyl adjacent to an activating group) is 1. The molecule has 2 aliphatic heterocycles. The van der Waals surface area contributed by atoms with E-state index in [1.165, 1.54) is 4.90 Å². The Balaban J connectivity index is 1.99. The van der Waals surface area contributed by atoms with Gasteiger partial charge >= 0.3 is 11.9 Å². The maximum atomic E-state index is 13.1. The van der Waals surface area contributed by atoms with Crippen LogP contribution in [0.5, 0.6) is 5.75 Å². The van der Waals surface area contributed by atoms with Gasteiger partial charge in [-0.2, -0.15) is 0 Å². The fourth-order valence-electron chi connectivity index (χ4n) is 4.04. The Bertz CT molecular complexity index is 1140. The van der Waals surface area contributed by atoms with Crippen LogP contribution < -0.4 is 9.64 Å². The minimum Gasteiger partial charge on any atom is -0.481 e. The first-order chi connectivity index (χ1) is 14.1. The van der Waals surface area contributed by atoms with Gasteiger partial charge in [-0.3, -0.25) is 9.59 Å². The first-order valence-electron chi connectivity index (χ1n) is 9.83. The second kappa shape index (κ2) is 6.83. The Morgan fingerprint density at radius 3 is 2.43 bits per heavy atom. The number of carboxylic acid groups (broad SMARTS) is 1. The monoisotopic (exact) mass is 405 g/mol. The zero-order valence-electron chi connectivity index (χ0n) is 17.4. The van der Waals surface area contributed by atoms with Crippen LogP contribution in [0.25, 0.3) is 11.1 Å². The molecular formula is C24H23NO5. The van der Waals surface area contributed by atoms with E-state index < -0.39 is 11.9 Å². The maximum absolute atomic E-state index is 13.1. The van der Waals surface area contributed by atoms with Crippen LogP contribution in [0, 0.1) is 0 Å². The number of fused-ring (bicyclic) bond motifs is 2. The van der Waals surface area contributed by atoms with Gasteiger partial charge in [0.05, 0.1) is 16.8 Å². The molecule has 2 heterocycles. The number of carbonyl (C=O) groups is 3. The minimum absolute atomic E-state index is 0.0203. The average molecular weight is 405 g/mol. The van der Waals surface area contributed by atoms with Gasteiger partial charge in [0.1, 0.15) is 5.75 Å². The number of aryl methyl sites for hydroxylation is 1. The lowest BCUT2D eigenvalue weighted by Crippen LogP contribution is -2.21. The fourth-order valence-corrected chi connectivity index (χ4v) is 4.04. The van der Waals surface area contributed by atoms with Gasteiger partial charge in [0, 0.05) is 30.2 Å². The molecule has 1 amide bonds. The summed E-state index contributed by atoms with van der Waals surface area (Å²) in [4.78, 5) is 38.7. The normalized spacial score (nSPS) is 17.8. The lowest BCUT2D eigenvalue weighted by atomic mass is 9.82. The van der Waals surface area contributed by atoms with Gasteiger partial charge in [-0.05, 0) is 29.5 Å². The van der Waals surface area contributed by atoms with Crippen molar-refractivity contribution in [1.82, 2.24) is 0 Å². The molecule has 6 heteroatoms. The van der Waals surface area contributed by atoms with Crippen LogP contribution in [0.2, 0.25) is 0 Å². The van der Waals surface area contributed by atoms with Crippen LogP contribution in [0.15, 0.2) is 36.4 Å². The highest BCUT2D eigenvalue weighted by molar-refractivity contribution is 6.46. The van der Waals surface area contributed by atoms with Crippen molar-refractivity contribution in [2.45, 2.75) is 39.0 Å². The molecule has 2 aliphatic rings. The summed E-state index contributed by atoms with van der Waals surface area (Å²) in [6, 6.07) is 11.0. The van der Waals surface area contributed by atoms with E-state index in [4.69, 9.17) is 9.84 Å². The van der Waals surface area contributed by atoms with Gasteiger partial charge in [-0.15, -0.1) is 0 Å². The number of para-hydroxylation sites is 1. The summed E-state index contributed by atoms with van der Waals surface area (Å²) >= 11 is 0. The molecule has 0 fully saturated rings. The molecule has 2 aromatic carbocycles. The smallest absolute Gasteiger partial charge is 0.345 e. The zero-order valence-corrected chi connectivity index (χ0v) is 17.4. The Hall–Kier alpha value is -3.41. The molecule has 2 aromatic rings. The number of aliphatic carboxylic acids is 1. The first-order valence-corrected chi connectivity index (χ1v) is 9.83. The van der Waals surface area contributed by atoms with E-state index in [1.54, 1.807) is 13.1 Å². The number of benzene rings is 2. The van der Waals surface area contributed by atoms with Gasteiger partial charge < -0.3 is 14.7 Å². The molecule has 0 radical (unpaired) electrons. The number of rotatable bonds is 3. The summed E-state index contributed by atoms with van der Waals surface area (Å²) in [5.41, 5.74) is 3.84. The van der Waals surface area contributed by atoms with Crippen LogP contribution in [0.3, 0.4) is 0 Å². The molecule has 6 nitrogen and oxygen atoms in total. The van der Waals surface area contributed by atoms with E-state index in [0.717, 1.165) is 16.8 Å². The van der Waals surface area contributed by atoms with Crippen molar-refractivity contribution >= 4 is 34.7 Å². The highest BCUT2D eigenvalue weighted by Crippen LogP contribution is 2.48. The van der Waals surface area contributed by atoms with Crippen LogP contribution in [-0.2, 0) is 26.2 Å². The molecule has 1 N–H and O–H groups in total. The van der Waals surface area contributed by atoms with E-state index in [9.17, 15) is 14.4 Å². The summed E-state index contributed by atoms with van der Waals surface area (Å²) in [5, 5.41) is 9.10. The van der Waals surface area contributed by atoms with Crippen LogP contribution in [0.4, 0.5) is 5.69 Å². The fraction of sp³-hybridized carbons (Fsp3) is 0.292. The maximum Gasteiger partial charge on any atom is 0.345 e. The number of hydrogen-bond donors (Lipinski definition) is 1. The molecule has 30 heavy (non-hydrogen) atoms. The highest BCUT2D eigenvalue weighted by atomic mass is 16.5. The number of carbonyl (C=O) groups excluding carboxylic acids is 2.